The smallest absolute Gasteiger partial charge is 0.312 e. The molecule has 14 nitrogen and oxygen atoms in total. The lowest BCUT2D eigenvalue weighted by Gasteiger charge is -2.50. The number of rotatable bonds is 9. The largest absolute Gasteiger partial charge is 0.448 e. The second kappa shape index (κ2) is 20.2. The summed E-state index contributed by atoms with van der Waals surface area (Å²) in [4.78, 5) is 30.2. The molecule has 1 aromatic rings. The monoisotopic (exact) mass is 945 g/mol. The van der Waals surface area contributed by atoms with Crippen LogP contribution in [0.25, 0.3) is 0 Å². The molecule has 0 amide bonds. The maximum absolute atomic E-state index is 14.2. The molecule has 4 N–H and O–H groups in total. The maximum atomic E-state index is 14.2. The lowest BCUT2D eigenvalue weighted by Crippen LogP contribution is -2.62. The van der Waals surface area contributed by atoms with Crippen molar-refractivity contribution < 1.29 is 63.2 Å². The Hall–Kier alpha value is -1.79. The highest BCUT2D eigenvalue weighted by atomic mass is 127. The summed E-state index contributed by atoms with van der Waals surface area (Å²) in [5.41, 5.74) is -2.60. The molecule has 3 fully saturated rings. The number of Topliss-reactive ketones (excluding diaryl/α,β-unsaturated/α-hetero) is 1. The van der Waals surface area contributed by atoms with Gasteiger partial charge in [0.05, 0.1) is 47.6 Å². The summed E-state index contributed by atoms with van der Waals surface area (Å²) in [7, 11) is 4.93. The first kappa shape index (κ1) is 49.9. The van der Waals surface area contributed by atoms with Crippen LogP contribution in [0.15, 0.2) is 24.3 Å². The molecule has 0 aliphatic carbocycles. The second-order valence-corrected chi connectivity index (χ2v) is 18.9. The van der Waals surface area contributed by atoms with Crippen LogP contribution < -0.4 is 0 Å². The third-order valence-electron chi connectivity index (χ3n) is 13.4. The van der Waals surface area contributed by atoms with Crippen molar-refractivity contribution in [2.45, 2.75) is 170 Å². The zero-order chi connectivity index (χ0) is 44.4. The van der Waals surface area contributed by atoms with Gasteiger partial charge < -0.3 is 53.6 Å². The van der Waals surface area contributed by atoms with Crippen molar-refractivity contribution in [3.8, 4) is 12.3 Å². The van der Waals surface area contributed by atoms with E-state index >= 15 is 0 Å². The summed E-state index contributed by atoms with van der Waals surface area (Å²) in [5.74, 6) is -1.92. The van der Waals surface area contributed by atoms with E-state index in [0.717, 1.165) is 11.1 Å². The number of likely N-dealkylation sites (N-methyl/N-ethyl adjacent to an activating group) is 1. The molecule has 3 aliphatic heterocycles. The number of benzene rings is 1. The molecule has 4 rings (SSSR count). The number of ketones is 1. The van der Waals surface area contributed by atoms with Crippen molar-refractivity contribution in [2.75, 3.05) is 21.3 Å². The van der Waals surface area contributed by atoms with Gasteiger partial charge in [-0.2, -0.15) is 0 Å². The number of carbonyl (C=O) groups excluding carboxylic acids is 2. The van der Waals surface area contributed by atoms with Crippen LogP contribution >= 0.6 is 22.6 Å². The molecule has 0 bridgehead atoms. The number of aliphatic hydroxyl groups is 4. The first-order chi connectivity index (χ1) is 27.4. The van der Waals surface area contributed by atoms with E-state index in [0.29, 0.717) is 13.0 Å². The summed E-state index contributed by atoms with van der Waals surface area (Å²) >= 11 is 1.75. The van der Waals surface area contributed by atoms with E-state index in [-0.39, 0.29) is 24.7 Å². The van der Waals surface area contributed by atoms with E-state index in [1.807, 2.05) is 57.0 Å². The Bertz CT molecular complexity index is 1610. The third-order valence-corrected chi connectivity index (χ3v) is 14.9. The Morgan fingerprint density at radius 3 is 2.14 bits per heavy atom. The molecule has 18 atom stereocenters. The number of aliphatic hydroxyl groups excluding tert-OH is 3. The number of halogens is 1. The number of cyclic esters (lactones) is 1. The average molecular weight is 946 g/mol. The molecule has 0 spiro atoms. The fourth-order valence-corrected chi connectivity index (χ4v) is 9.44. The van der Waals surface area contributed by atoms with Crippen LogP contribution in [0.5, 0.6) is 0 Å². The minimum Gasteiger partial charge on any atom is -0.448 e. The Labute approximate surface area is 364 Å². The van der Waals surface area contributed by atoms with Crippen LogP contribution in [0.4, 0.5) is 0 Å². The molecular weight excluding hydrogens is 877 g/mol. The number of nitrogens with zero attached hydrogens (tertiary/aromatic N) is 1. The fraction of sp³-hybridized carbons (Fsp3) is 0.773. The zero-order valence-electron chi connectivity index (χ0n) is 36.7. The Balaban J connectivity index is 1.81. The van der Waals surface area contributed by atoms with Crippen molar-refractivity contribution in [3.63, 3.8) is 0 Å². The summed E-state index contributed by atoms with van der Waals surface area (Å²) in [6.45, 7) is 15.8. The van der Waals surface area contributed by atoms with Gasteiger partial charge in [-0.05, 0) is 101 Å². The molecule has 3 heterocycles. The molecule has 334 valence electrons. The van der Waals surface area contributed by atoms with Gasteiger partial charge in [-0.25, -0.2) is 0 Å². The standard InChI is InChI=1S/C44H68INO13/c1-14-29-15-17-30(18-16-29)22-46(11)31-20-24(3)55-40(34(31)48)58-38-26(5)35(57-33-21-42(8,53-12)37(50)28(7)56-33)27(6)39(51)59-41(45)43(9,52)36(49)25(4)32(47)19-23(2)44(38,10)54-13/h1,15-18,23-28,31,33-38,40-41,48-50,52H,19-22H2,2-13H3/t23-,24-,25+,26+,27-,28+,31+,33+,34-,35+,36-,37+,38-,40+,41+,42-,43+,44-/m1/s1. The van der Waals surface area contributed by atoms with Crippen molar-refractivity contribution >= 4 is 34.3 Å². The van der Waals surface area contributed by atoms with Gasteiger partial charge in [0, 0.05) is 57.0 Å². The van der Waals surface area contributed by atoms with Crippen molar-refractivity contribution in [1.29, 1.82) is 0 Å². The number of hydrogen-bond acceptors (Lipinski definition) is 14. The van der Waals surface area contributed by atoms with E-state index in [1.165, 1.54) is 28.1 Å². The van der Waals surface area contributed by atoms with E-state index in [4.69, 9.17) is 39.6 Å². The van der Waals surface area contributed by atoms with Crippen LogP contribution in [0.3, 0.4) is 0 Å². The van der Waals surface area contributed by atoms with Crippen LogP contribution in [-0.2, 0) is 49.3 Å². The van der Waals surface area contributed by atoms with E-state index in [1.54, 1.807) is 50.3 Å². The number of esters is 1. The molecule has 15 heteroatoms. The molecule has 1 aromatic carbocycles. The van der Waals surface area contributed by atoms with Gasteiger partial charge in [0.2, 0.25) is 0 Å². The quantitative estimate of drug-likeness (QED) is 0.121. The van der Waals surface area contributed by atoms with Crippen molar-refractivity contribution in [3.05, 3.63) is 35.4 Å². The average Bonchev–Trinajstić information content (AvgIpc) is 3.20. The Kier molecular flexibility index (Phi) is 17.0. The maximum Gasteiger partial charge on any atom is 0.312 e. The Morgan fingerprint density at radius 2 is 1.56 bits per heavy atom. The van der Waals surface area contributed by atoms with Gasteiger partial charge in [-0.1, -0.05) is 38.8 Å². The van der Waals surface area contributed by atoms with E-state index in [9.17, 15) is 30.0 Å². The molecule has 0 radical (unpaired) electrons. The number of alkyl halides is 1. The topological polar surface area (TPSA) is 183 Å². The van der Waals surface area contributed by atoms with Crippen molar-refractivity contribution in [1.82, 2.24) is 4.90 Å². The van der Waals surface area contributed by atoms with Crippen molar-refractivity contribution in [2.24, 2.45) is 23.7 Å². The van der Waals surface area contributed by atoms with Crippen LogP contribution in [-0.4, -0.2) is 141 Å². The number of carbonyl (C=O) groups is 2. The summed E-state index contributed by atoms with van der Waals surface area (Å²) in [5, 5.41) is 46.0. The SMILES string of the molecule is C#Cc1ccc(CN(C)[C@H]2C[C@@H](C)O[C@@H](O[C@@H]3[C@@H](C)[C@H](O[C@H]4C[C@@](C)(OC)[C@@H](O)[C@H](C)O4)[C@@H](C)C(=O)O[C@H](I)[C@@](C)(O)[C@H](O)[C@@H](C)C(=O)C[C@@H](C)[C@@]3(C)OC)[C@@H]2O)cc1. The molecular formula is C44H68INO13. The highest BCUT2D eigenvalue weighted by Gasteiger charge is 2.55. The highest BCUT2D eigenvalue weighted by Crippen LogP contribution is 2.43. The van der Waals surface area contributed by atoms with E-state index < -0.39 is 106 Å². The van der Waals surface area contributed by atoms with Gasteiger partial charge in [0.1, 0.15) is 23.6 Å². The van der Waals surface area contributed by atoms with Gasteiger partial charge >= 0.3 is 5.97 Å². The highest BCUT2D eigenvalue weighted by molar-refractivity contribution is 14.1. The molecule has 0 saturated carbocycles. The van der Waals surface area contributed by atoms with Crippen LogP contribution in [0.1, 0.15) is 92.7 Å². The third kappa shape index (κ3) is 10.9. The second-order valence-electron chi connectivity index (χ2n) is 17.8. The van der Waals surface area contributed by atoms with Gasteiger partial charge in [-0.15, -0.1) is 6.42 Å². The minimum absolute atomic E-state index is 0.0837. The molecule has 3 saturated heterocycles. The summed E-state index contributed by atoms with van der Waals surface area (Å²) in [6.07, 6.45) is -2.90. The first-order valence-corrected chi connectivity index (χ1v) is 21.8. The summed E-state index contributed by atoms with van der Waals surface area (Å²) in [6, 6.07) is 7.27. The van der Waals surface area contributed by atoms with Gasteiger partial charge in [-0.3, -0.25) is 14.5 Å². The van der Waals surface area contributed by atoms with Crippen LogP contribution in [0.2, 0.25) is 0 Å². The minimum atomic E-state index is -2.01. The van der Waals surface area contributed by atoms with Gasteiger partial charge in [0.25, 0.3) is 0 Å². The van der Waals surface area contributed by atoms with Gasteiger partial charge in [0.15, 0.2) is 16.7 Å². The first-order valence-electron chi connectivity index (χ1n) is 20.6. The predicted octanol–water partition coefficient (Wildman–Crippen LogP) is 3.97. The summed E-state index contributed by atoms with van der Waals surface area (Å²) < 4.78 is 43.0. The van der Waals surface area contributed by atoms with Crippen LogP contribution in [0, 0.1) is 36.0 Å². The normalized spacial score (nSPS) is 44.4. The molecule has 0 unspecified atom stereocenters. The Morgan fingerprint density at radius 1 is 0.932 bits per heavy atom. The number of terminal acetylenes is 1. The molecule has 0 aromatic heterocycles. The van der Waals surface area contributed by atoms with E-state index in [2.05, 4.69) is 5.92 Å². The number of methoxy groups -OCH3 is 2. The lowest BCUT2D eigenvalue weighted by atomic mass is 9.73. The lowest BCUT2D eigenvalue weighted by molar-refractivity contribution is -0.322. The zero-order valence-corrected chi connectivity index (χ0v) is 38.8. The fourth-order valence-electron chi connectivity index (χ4n) is 8.82. The predicted molar refractivity (Wildman–Crippen MR) is 227 cm³/mol. The molecule has 3 aliphatic rings. The molecule has 59 heavy (non-hydrogen) atoms. The number of ether oxygens (including phenoxy) is 7. The number of hydrogen-bond donors (Lipinski definition) is 4.